The molecule has 0 amide bonds. The van der Waals surface area contributed by atoms with Crippen molar-refractivity contribution in [2.45, 2.75) is 11.1 Å². The van der Waals surface area contributed by atoms with Crippen LogP contribution in [-0.2, 0) is 10.0 Å². The van der Waals surface area contributed by atoms with Crippen LogP contribution in [0.25, 0.3) is 0 Å². The highest BCUT2D eigenvalue weighted by molar-refractivity contribution is 9.10. The molecule has 2 rings (SSSR count). The fourth-order valence-electron chi connectivity index (χ4n) is 1.72. The van der Waals surface area contributed by atoms with E-state index in [1.807, 2.05) is 36.5 Å². The van der Waals surface area contributed by atoms with E-state index in [0.29, 0.717) is 4.67 Å². The molecule has 8 heteroatoms. The van der Waals surface area contributed by atoms with Gasteiger partial charge < -0.3 is 9.32 Å². The van der Waals surface area contributed by atoms with Crippen molar-refractivity contribution in [2.75, 3.05) is 20.6 Å². The molecule has 0 fully saturated rings. The lowest BCUT2D eigenvalue weighted by molar-refractivity contribution is 0.303. The molecule has 0 radical (unpaired) electrons. The highest BCUT2D eigenvalue weighted by Gasteiger charge is 2.22. The zero-order valence-corrected chi connectivity index (χ0v) is 14.3. The lowest BCUT2D eigenvalue weighted by Gasteiger charge is -2.23. The SMILES string of the molecule is CN(C)[C@H](CNS(=O)(=O)c1ccc(Br)o1)c1cccs1. The Balaban J connectivity index is 2.10. The Kier molecular flexibility index (Phi) is 5.03. The second-order valence-corrected chi connectivity index (χ2v) is 7.86. The average Bonchev–Trinajstić information content (AvgIpc) is 3.00. The number of rotatable bonds is 6. The van der Waals surface area contributed by atoms with Crippen LogP contribution in [0.5, 0.6) is 0 Å². The maximum Gasteiger partial charge on any atom is 0.274 e. The maximum atomic E-state index is 12.1. The molecule has 5 nitrogen and oxygen atoms in total. The van der Waals surface area contributed by atoms with E-state index in [2.05, 4.69) is 20.7 Å². The van der Waals surface area contributed by atoms with Crippen LogP contribution in [0.3, 0.4) is 0 Å². The predicted molar refractivity (Wildman–Crippen MR) is 82.3 cm³/mol. The minimum Gasteiger partial charge on any atom is -0.437 e. The summed E-state index contributed by atoms with van der Waals surface area (Å²) in [6.45, 7) is 0.286. The number of nitrogens with zero attached hydrogens (tertiary/aromatic N) is 1. The standard InChI is InChI=1S/C12H15BrN2O3S2/c1-15(2)9(10-4-3-7-19-10)8-14-20(16,17)12-6-5-11(13)18-12/h3-7,9,14H,8H2,1-2H3/t9-/m1/s1. The molecule has 0 bridgehead atoms. The van der Waals surface area contributed by atoms with Crippen molar-refractivity contribution in [3.8, 4) is 0 Å². The summed E-state index contributed by atoms with van der Waals surface area (Å²) in [5, 5.41) is 1.89. The highest BCUT2D eigenvalue weighted by Crippen LogP contribution is 2.23. The number of hydrogen-bond acceptors (Lipinski definition) is 5. The molecule has 0 aliphatic heterocycles. The lowest BCUT2D eigenvalue weighted by atomic mass is 10.2. The number of sulfonamides is 1. The molecule has 0 spiro atoms. The normalized spacial score (nSPS) is 13.8. The summed E-state index contributed by atoms with van der Waals surface area (Å²) in [5.74, 6) is 0. The van der Waals surface area contributed by atoms with E-state index in [9.17, 15) is 8.42 Å². The minimum absolute atomic E-state index is 0.0109. The molecule has 1 N–H and O–H groups in total. The first-order valence-electron chi connectivity index (χ1n) is 5.85. The van der Waals surface area contributed by atoms with Crippen molar-refractivity contribution in [2.24, 2.45) is 0 Å². The summed E-state index contributed by atoms with van der Waals surface area (Å²) in [6, 6.07) is 6.91. The fraction of sp³-hybridized carbons (Fsp3) is 0.333. The van der Waals surface area contributed by atoms with Crippen molar-refractivity contribution in [3.05, 3.63) is 39.2 Å². The second kappa shape index (κ2) is 6.40. The largest absolute Gasteiger partial charge is 0.437 e. The molecule has 2 heterocycles. The van der Waals surface area contributed by atoms with E-state index >= 15 is 0 Å². The van der Waals surface area contributed by atoms with Gasteiger partial charge >= 0.3 is 0 Å². The van der Waals surface area contributed by atoms with Gasteiger partial charge in [-0.2, -0.15) is 0 Å². The van der Waals surface area contributed by atoms with E-state index in [1.165, 1.54) is 6.07 Å². The van der Waals surface area contributed by atoms with Crippen molar-refractivity contribution < 1.29 is 12.8 Å². The Morgan fingerprint density at radius 2 is 2.15 bits per heavy atom. The average molecular weight is 379 g/mol. The van der Waals surface area contributed by atoms with Gasteiger partial charge in [-0.3, -0.25) is 0 Å². The third-order valence-corrected chi connectivity index (χ3v) is 5.47. The predicted octanol–water partition coefficient (Wildman–Crippen LogP) is 2.68. The summed E-state index contributed by atoms with van der Waals surface area (Å²) >= 11 is 4.70. The molecule has 1 atom stereocenters. The monoisotopic (exact) mass is 378 g/mol. The molecule has 0 unspecified atom stereocenters. The Morgan fingerprint density at radius 1 is 1.40 bits per heavy atom. The summed E-state index contributed by atoms with van der Waals surface area (Å²) in [6.07, 6.45) is 0. The first-order valence-corrected chi connectivity index (χ1v) is 9.00. The lowest BCUT2D eigenvalue weighted by Crippen LogP contribution is -2.34. The van der Waals surface area contributed by atoms with E-state index in [4.69, 9.17) is 4.42 Å². The van der Waals surface area contributed by atoms with Gasteiger partial charge in [0, 0.05) is 11.4 Å². The first-order chi connectivity index (χ1) is 9.40. The first kappa shape index (κ1) is 15.7. The van der Waals surface area contributed by atoms with Crippen LogP contribution in [0, 0.1) is 0 Å². The van der Waals surface area contributed by atoms with Gasteiger partial charge in [0.25, 0.3) is 10.0 Å². The third-order valence-electron chi connectivity index (χ3n) is 2.78. The molecule has 0 aliphatic carbocycles. The van der Waals surface area contributed by atoms with Crippen LogP contribution in [0.1, 0.15) is 10.9 Å². The molecular weight excluding hydrogens is 364 g/mol. The van der Waals surface area contributed by atoms with E-state index in [1.54, 1.807) is 17.4 Å². The molecule has 20 heavy (non-hydrogen) atoms. The Hall–Kier alpha value is -0.670. The number of hydrogen-bond donors (Lipinski definition) is 1. The summed E-state index contributed by atoms with van der Waals surface area (Å²) < 4.78 is 32.3. The quantitative estimate of drug-likeness (QED) is 0.838. The van der Waals surface area contributed by atoms with E-state index in [0.717, 1.165) is 4.88 Å². The van der Waals surface area contributed by atoms with Gasteiger partial charge in [0.2, 0.25) is 5.09 Å². The topological polar surface area (TPSA) is 62.6 Å². The number of furan rings is 1. The molecule has 2 aromatic rings. The van der Waals surface area contributed by atoms with E-state index < -0.39 is 10.0 Å². The van der Waals surface area contributed by atoms with Gasteiger partial charge in [-0.25, -0.2) is 13.1 Å². The molecule has 0 saturated heterocycles. The van der Waals surface area contributed by atoms with Gasteiger partial charge in [-0.05, 0) is 53.6 Å². The Labute approximate surface area is 130 Å². The molecule has 0 aromatic carbocycles. The fourth-order valence-corrected chi connectivity index (χ4v) is 4.02. The molecular formula is C12H15BrN2O3S2. The van der Waals surface area contributed by atoms with Crippen LogP contribution >= 0.6 is 27.3 Å². The van der Waals surface area contributed by atoms with Gasteiger partial charge in [0.05, 0.1) is 6.04 Å². The van der Waals surface area contributed by atoms with Crippen molar-refractivity contribution >= 4 is 37.3 Å². The van der Waals surface area contributed by atoms with Crippen LogP contribution in [0.2, 0.25) is 0 Å². The third kappa shape index (κ3) is 3.70. The van der Waals surface area contributed by atoms with Crippen molar-refractivity contribution in [3.63, 3.8) is 0 Å². The number of thiophene rings is 1. The van der Waals surface area contributed by atoms with Gasteiger partial charge in [0.15, 0.2) is 4.67 Å². The van der Waals surface area contributed by atoms with Gasteiger partial charge in [0.1, 0.15) is 0 Å². The van der Waals surface area contributed by atoms with Crippen LogP contribution in [-0.4, -0.2) is 34.0 Å². The number of likely N-dealkylation sites (N-methyl/N-ethyl adjacent to an activating group) is 1. The number of nitrogens with one attached hydrogen (secondary N) is 1. The van der Waals surface area contributed by atoms with Crippen molar-refractivity contribution in [1.29, 1.82) is 0 Å². The van der Waals surface area contributed by atoms with Gasteiger partial charge in [-0.15, -0.1) is 11.3 Å². The smallest absolute Gasteiger partial charge is 0.274 e. The number of halogens is 1. The van der Waals surface area contributed by atoms with Crippen LogP contribution < -0.4 is 4.72 Å². The zero-order chi connectivity index (χ0) is 14.8. The Bertz CT molecular complexity index is 650. The van der Waals surface area contributed by atoms with Crippen LogP contribution in [0.4, 0.5) is 0 Å². The maximum absolute atomic E-state index is 12.1. The highest BCUT2D eigenvalue weighted by atomic mass is 79.9. The zero-order valence-electron chi connectivity index (χ0n) is 11.0. The summed E-state index contributed by atoms with van der Waals surface area (Å²) in [7, 11) is 0.210. The molecule has 2 aromatic heterocycles. The van der Waals surface area contributed by atoms with Crippen molar-refractivity contribution in [1.82, 2.24) is 9.62 Å². The second-order valence-electron chi connectivity index (χ2n) is 4.41. The van der Waals surface area contributed by atoms with Crippen LogP contribution in [0.15, 0.2) is 43.8 Å². The molecule has 110 valence electrons. The molecule has 0 aliphatic rings. The Morgan fingerprint density at radius 3 is 2.65 bits per heavy atom. The molecule has 0 saturated carbocycles. The van der Waals surface area contributed by atoms with E-state index in [-0.39, 0.29) is 17.7 Å². The summed E-state index contributed by atoms with van der Waals surface area (Å²) in [5.41, 5.74) is 0. The summed E-state index contributed by atoms with van der Waals surface area (Å²) in [4.78, 5) is 3.09. The van der Waals surface area contributed by atoms with Gasteiger partial charge in [-0.1, -0.05) is 6.07 Å². The minimum atomic E-state index is -3.63.